The van der Waals surface area contributed by atoms with Gasteiger partial charge in [0.05, 0.1) is 6.07 Å². The summed E-state index contributed by atoms with van der Waals surface area (Å²) in [5, 5.41) is 18.7. The van der Waals surface area contributed by atoms with E-state index in [4.69, 9.17) is 0 Å². The normalized spacial score (nSPS) is 12.5. The molecule has 0 aliphatic rings. The molecule has 1 unspecified atom stereocenters. The van der Waals surface area contributed by atoms with Crippen LogP contribution in [0.4, 0.5) is 0 Å². The van der Waals surface area contributed by atoms with Gasteiger partial charge in [-0.25, -0.2) is 0 Å². The number of alkyl halides is 1. The van der Waals surface area contributed by atoms with Crippen molar-refractivity contribution < 1.29 is 4.79 Å². The highest BCUT2D eigenvalue weighted by Crippen LogP contribution is 2.28. The van der Waals surface area contributed by atoms with Crippen LogP contribution in [0.1, 0.15) is 15.9 Å². The molecular formula is C18H11BrN2O. The fraction of sp³-hybridized carbons (Fsp3) is 0.0556. The van der Waals surface area contributed by atoms with Crippen molar-refractivity contribution in [1.29, 1.82) is 10.5 Å². The lowest BCUT2D eigenvalue weighted by molar-refractivity contribution is 0.103. The summed E-state index contributed by atoms with van der Waals surface area (Å²) in [6.07, 6.45) is 0. The Balaban J connectivity index is 2.64. The summed E-state index contributed by atoms with van der Waals surface area (Å²) in [5.41, 5.74) is 1.46. The maximum absolute atomic E-state index is 12.6. The molecule has 0 saturated carbocycles. The third-order valence-electron chi connectivity index (χ3n) is 3.10. The average Bonchev–Trinajstić information content (AvgIpc) is 2.60. The van der Waals surface area contributed by atoms with Gasteiger partial charge in [0.1, 0.15) is 16.5 Å². The lowest BCUT2D eigenvalue weighted by Crippen LogP contribution is -2.10. The molecule has 3 nitrogen and oxygen atoms in total. The topological polar surface area (TPSA) is 64.7 Å². The minimum absolute atomic E-state index is 0.0270. The number of carbonyl (C=O) groups excluding carboxylic acids is 1. The highest BCUT2D eigenvalue weighted by molar-refractivity contribution is 9.10. The molecule has 0 radical (unpaired) electrons. The molecular weight excluding hydrogens is 340 g/mol. The predicted octanol–water partition coefficient (Wildman–Crippen LogP) is 4.13. The van der Waals surface area contributed by atoms with Crippen molar-refractivity contribution >= 4 is 27.3 Å². The van der Waals surface area contributed by atoms with Crippen LogP contribution in [0.15, 0.2) is 66.2 Å². The van der Waals surface area contributed by atoms with Gasteiger partial charge >= 0.3 is 0 Å². The van der Waals surface area contributed by atoms with Crippen LogP contribution in [0.5, 0.6) is 0 Å². The van der Waals surface area contributed by atoms with Gasteiger partial charge in [-0.2, -0.15) is 10.5 Å². The first-order chi connectivity index (χ1) is 10.7. The number of benzene rings is 2. The van der Waals surface area contributed by atoms with E-state index in [0.717, 1.165) is 0 Å². The summed E-state index contributed by atoms with van der Waals surface area (Å²) >= 11 is 3.24. The van der Waals surface area contributed by atoms with Crippen LogP contribution in [0.3, 0.4) is 0 Å². The fourth-order valence-electron chi connectivity index (χ4n) is 2.07. The summed E-state index contributed by atoms with van der Waals surface area (Å²) in [7, 11) is 0. The number of Topliss-reactive ketones (excluding diaryl/α,β-unsaturated/α-hetero) is 1. The van der Waals surface area contributed by atoms with E-state index >= 15 is 0 Å². The van der Waals surface area contributed by atoms with E-state index in [-0.39, 0.29) is 11.4 Å². The second-order valence-corrected chi connectivity index (χ2v) is 5.37. The number of hydrogen-bond acceptors (Lipinski definition) is 3. The fourth-order valence-corrected chi connectivity index (χ4v) is 2.56. The standard InChI is InChI=1S/C18H11BrN2O/c19-16(12-21)17(13-7-3-1-4-8-13)15(11-20)18(22)14-9-5-2-6-10-14/h1-10,16H/b17-15+. The smallest absolute Gasteiger partial charge is 0.203 e. The zero-order valence-corrected chi connectivity index (χ0v) is 13.1. The van der Waals surface area contributed by atoms with Crippen molar-refractivity contribution in [2.24, 2.45) is 0 Å². The lowest BCUT2D eigenvalue weighted by atomic mass is 9.93. The Bertz CT molecular complexity index is 783. The van der Waals surface area contributed by atoms with Crippen LogP contribution >= 0.6 is 15.9 Å². The molecule has 0 fully saturated rings. The molecule has 1 atom stereocenters. The molecule has 0 spiro atoms. The van der Waals surface area contributed by atoms with Crippen molar-refractivity contribution in [3.8, 4) is 12.1 Å². The third kappa shape index (κ3) is 3.31. The molecule has 0 heterocycles. The van der Waals surface area contributed by atoms with Crippen LogP contribution in [-0.2, 0) is 0 Å². The van der Waals surface area contributed by atoms with Crippen molar-refractivity contribution in [3.05, 3.63) is 77.4 Å². The maximum atomic E-state index is 12.6. The van der Waals surface area contributed by atoms with Gasteiger partial charge < -0.3 is 0 Å². The molecule has 0 aliphatic heterocycles. The summed E-state index contributed by atoms with van der Waals surface area (Å²) < 4.78 is 0. The molecule has 22 heavy (non-hydrogen) atoms. The van der Waals surface area contributed by atoms with Crippen LogP contribution < -0.4 is 0 Å². The minimum Gasteiger partial charge on any atom is -0.288 e. The van der Waals surface area contributed by atoms with Crippen molar-refractivity contribution in [2.45, 2.75) is 4.83 Å². The second kappa shape index (κ2) is 7.36. The summed E-state index contributed by atoms with van der Waals surface area (Å²) in [5.74, 6) is -0.387. The first-order valence-corrected chi connectivity index (χ1v) is 7.43. The van der Waals surface area contributed by atoms with E-state index < -0.39 is 4.83 Å². The van der Waals surface area contributed by atoms with Crippen molar-refractivity contribution in [1.82, 2.24) is 0 Å². The summed E-state index contributed by atoms with van der Waals surface area (Å²) in [4.78, 5) is 11.9. The molecule has 2 aromatic rings. The Morgan fingerprint density at radius 3 is 1.86 bits per heavy atom. The van der Waals surface area contributed by atoms with Gasteiger partial charge in [0, 0.05) is 11.1 Å². The van der Waals surface area contributed by atoms with Crippen LogP contribution in [-0.4, -0.2) is 10.6 Å². The Kier molecular flexibility index (Phi) is 5.25. The predicted molar refractivity (Wildman–Crippen MR) is 88.1 cm³/mol. The number of rotatable bonds is 4. The number of nitrogens with zero attached hydrogens (tertiary/aromatic N) is 2. The van der Waals surface area contributed by atoms with Gasteiger partial charge in [0.15, 0.2) is 0 Å². The van der Waals surface area contributed by atoms with Crippen molar-refractivity contribution in [2.75, 3.05) is 0 Å². The number of hydrogen-bond donors (Lipinski definition) is 0. The number of carbonyl (C=O) groups is 1. The van der Waals surface area contributed by atoms with Gasteiger partial charge in [-0.15, -0.1) is 0 Å². The van der Waals surface area contributed by atoms with Gasteiger partial charge in [-0.1, -0.05) is 76.6 Å². The van der Waals surface area contributed by atoms with Crippen LogP contribution in [0.25, 0.3) is 5.57 Å². The molecule has 0 aromatic heterocycles. The largest absolute Gasteiger partial charge is 0.288 e. The second-order valence-electron chi connectivity index (χ2n) is 4.45. The van der Waals surface area contributed by atoms with E-state index in [9.17, 15) is 15.3 Å². The average molecular weight is 351 g/mol. The van der Waals surface area contributed by atoms with Gasteiger partial charge in [0.2, 0.25) is 5.78 Å². The number of halogens is 1. The Hall–Kier alpha value is -2.69. The summed E-state index contributed by atoms with van der Waals surface area (Å²) in [6, 6.07) is 21.6. The lowest BCUT2D eigenvalue weighted by Gasteiger charge is -2.11. The number of allylic oxidation sites excluding steroid dienone is 2. The zero-order chi connectivity index (χ0) is 15.9. The summed E-state index contributed by atoms with van der Waals surface area (Å²) in [6.45, 7) is 0. The Morgan fingerprint density at radius 1 is 0.909 bits per heavy atom. The van der Waals surface area contributed by atoms with E-state index in [1.54, 1.807) is 54.6 Å². The Labute approximate surface area is 137 Å². The number of nitriles is 2. The van der Waals surface area contributed by atoms with Crippen LogP contribution in [0.2, 0.25) is 0 Å². The molecule has 0 N–H and O–H groups in total. The van der Waals surface area contributed by atoms with E-state index in [2.05, 4.69) is 15.9 Å². The quantitative estimate of drug-likeness (QED) is 0.360. The highest BCUT2D eigenvalue weighted by atomic mass is 79.9. The first-order valence-electron chi connectivity index (χ1n) is 6.52. The first kappa shape index (κ1) is 15.7. The molecule has 0 aliphatic carbocycles. The maximum Gasteiger partial charge on any atom is 0.203 e. The molecule has 0 amide bonds. The van der Waals surface area contributed by atoms with E-state index in [0.29, 0.717) is 16.7 Å². The number of ketones is 1. The highest BCUT2D eigenvalue weighted by Gasteiger charge is 2.23. The monoisotopic (exact) mass is 350 g/mol. The molecule has 2 rings (SSSR count). The van der Waals surface area contributed by atoms with E-state index in [1.807, 2.05) is 18.2 Å². The van der Waals surface area contributed by atoms with Crippen LogP contribution in [0, 0.1) is 22.7 Å². The molecule has 4 heteroatoms. The minimum atomic E-state index is -0.739. The van der Waals surface area contributed by atoms with Gasteiger partial charge in [-0.05, 0) is 5.56 Å². The SMILES string of the molecule is N#C/C(C(=O)c1ccccc1)=C(/c1ccccc1)C(Br)C#N. The molecule has 106 valence electrons. The van der Waals surface area contributed by atoms with Gasteiger partial charge in [0.25, 0.3) is 0 Å². The van der Waals surface area contributed by atoms with Gasteiger partial charge in [-0.3, -0.25) is 4.79 Å². The van der Waals surface area contributed by atoms with E-state index in [1.165, 1.54) is 0 Å². The Morgan fingerprint density at radius 2 is 1.41 bits per heavy atom. The third-order valence-corrected chi connectivity index (χ3v) is 3.76. The zero-order valence-electron chi connectivity index (χ0n) is 11.5. The van der Waals surface area contributed by atoms with Crippen molar-refractivity contribution in [3.63, 3.8) is 0 Å². The molecule has 2 aromatic carbocycles. The molecule has 0 bridgehead atoms. The molecule has 0 saturated heterocycles.